The number of nitrogens with one attached hydrogen (secondary N) is 4. The molecule has 166 valence electrons. The Bertz CT molecular complexity index is 730. The molecule has 4 N–H and O–H groups in total. The van der Waals surface area contributed by atoms with E-state index in [1.807, 2.05) is 13.8 Å². The van der Waals surface area contributed by atoms with Gasteiger partial charge in [-0.15, -0.1) is 0 Å². The molecule has 0 aliphatic carbocycles. The predicted octanol–water partition coefficient (Wildman–Crippen LogP) is 1.13. The van der Waals surface area contributed by atoms with Gasteiger partial charge in [-0.2, -0.15) is 0 Å². The molecule has 9 nitrogen and oxygen atoms in total. The number of hydrogen-bond donors (Lipinski definition) is 4. The summed E-state index contributed by atoms with van der Waals surface area (Å²) in [6.45, 7) is 5.01. The molecular weight excluding hydrogens is 408 g/mol. The molecule has 2 rings (SSSR count). The molecule has 1 fully saturated rings. The van der Waals surface area contributed by atoms with Crippen LogP contribution in [0.2, 0.25) is 0 Å². The zero-order valence-electron chi connectivity index (χ0n) is 17.7. The maximum absolute atomic E-state index is 12.7. The molecule has 1 heterocycles. The topological polar surface area (TPSA) is 110 Å². The van der Waals surface area contributed by atoms with Crippen LogP contribution in [0.1, 0.15) is 37.0 Å². The molecule has 10 heteroatoms. The number of carbonyl (C=O) groups excluding carboxylic acids is 2. The summed E-state index contributed by atoms with van der Waals surface area (Å²) in [6.07, 6.45) is 2.15. The summed E-state index contributed by atoms with van der Waals surface area (Å²) in [6, 6.07) is 4.05. The first-order chi connectivity index (χ1) is 14.3. The van der Waals surface area contributed by atoms with Crippen molar-refractivity contribution in [2.24, 2.45) is 5.92 Å². The van der Waals surface area contributed by atoms with Crippen molar-refractivity contribution in [1.29, 1.82) is 0 Å². The standard InChI is InChI=1S/C20H30N4O5S/c1-12(2)17(19(26)23-24-20(30)21-11-14-6-5-7-29-14)22-18(25)13-8-15(27-3)10-16(9-13)28-4/h8-10,12,14,17H,5-7,11H2,1-4H3,(H,22,25)(H,23,26)(H2,21,24,30)/t14-,17-/m1/s1. The number of benzene rings is 1. The molecule has 1 aliphatic heterocycles. The van der Waals surface area contributed by atoms with E-state index < -0.39 is 17.9 Å². The van der Waals surface area contributed by atoms with Gasteiger partial charge in [-0.1, -0.05) is 13.8 Å². The van der Waals surface area contributed by atoms with Crippen LogP contribution < -0.4 is 31.0 Å². The highest BCUT2D eigenvalue weighted by Crippen LogP contribution is 2.22. The number of amides is 2. The Kier molecular flexibility index (Phi) is 9.13. The highest BCUT2D eigenvalue weighted by Gasteiger charge is 2.25. The summed E-state index contributed by atoms with van der Waals surface area (Å²) in [5, 5.41) is 6.04. The largest absolute Gasteiger partial charge is 0.497 e. The number of thiocarbonyl (C=S) groups is 1. The van der Waals surface area contributed by atoms with Crippen molar-refractivity contribution >= 4 is 29.1 Å². The van der Waals surface area contributed by atoms with E-state index in [4.69, 9.17) is 26.4 Å². The fourth-order valence-electron chi connectivity index (χ4n) is 2.95. The molecule has 1 aliphatic rings. The molecule has 1 aromatic carbocycles. The second kappa shape index (κ2) is 11.6. The number of hydrogen-bond acceptors (Lipinski definition) is 6. The zero-order chi connectivity index (χ0) is 22.1. The van der Waals surface area contributed by atoms with Gasteiger partial charge in [0, 0.05) is 24.8 Å². The number of carbonyl (C=O) groups is 2. The Morgan fingerprint density at radius 3 is 2.37 bits per heavy atom. The van der Waals surface area contributed by atoms with Gasteiger partial charge in [-0.05, 0) is 43.1 Å². The van der Waals surface area contributed by atoms with Gasteiger partial charge in [-0.25, -0.2) is 0 Å². The van der Waals surface area contributed by atoms with Crippen LogP contribution in [-0.4, -0.2) is 56.4 Å². The van der Waals surface area contributed by atoms with Crippen molar-refractivity contribution in [2.75, 3.05) is 27.4 Å². The lowest BCUT2D eigenvalue weighted by Crippen LogP contribution is -2.56. The normalized spacial score (nSPS) is 16.5. The van der Waals surface area contributed by atoms with Crippen LogP contribution in [0.3, 0.4) is 0 Å². The van der Waals surface area contributed by atoms with Crippen LogP contribution in [0, 0.1) is 5.92 Å². The third-order valence-electron chi connectivity index (χ3n) is 4.66. The van der Waals surface area contributed by atoms with Crippen LogP contribution in [0.15, 0.2) is 18.2 Å². The zero-order valence-corrected chi connectivity index (χ0v) is 18.6. The Morgan fingerprint density at radius 1 is 1.17 bits per heavy atom. The van der Waals surface area contributed by atoms with Gasteiger partial charge in [0.1, 0.15) is 17.5 Å². The minimum Gasteiger partial charge on any atom is -0.497 e. The summed E-state index contributed by atoms with van der Waals surface area (Å²) >= 11 is 5.17. The summed E-state index contributed by atoms with van der Waals surface area (Å²) in [7, 11) is 3.00. The van der Waals surface area contributed by atoms with E-state index >= 15 is 0 Å². The lowest BCUT2D eigenvalue weighted by molar-refractivity contribution is -0.124. The number of methoxy groups -OCH3 is 2. The van der Waals surface area contributed by atoms with Gasteiger partial charge < -0.3 is 24.8 Å². The van der Waals surface area contributed by atoms with Crippen molar-refractivity contribution in [3.8, 4) is 11.5 Å². The van der Waals surface area contributed by atoms with E-state index in [0.717, 1.165) is 19.4 Å². The predicted molar refractivity (Wildman–Crippen MR) is 116 cm³/mol. The van der Waals surface area contributed by atoms with Crippen molar-refractivity contribution in [3.05, 3.63) is 23.8 Å². The van der Waals surface area contributed by atoms with Crippen molar-refractivity contribution < 1.29 is 23.8 Å². The van der Waals surface area contributed by atoms with Crippen LogP contribution in [0.4, 0.5) is 0 Å². The molecular formula is C20H30N4O5S. The van der Waals surface area contributed by atoms with Gasteiger partial charge >= 0.3 is 0 Å². The fourth-order valence-corrected chi connectivity index (χ4v) is 3.08. The van der Waals surface area contributed by atoms with Crippen molar-refractivity contribution in [2.45, 2.75) is 38.8 Å². The summed E-state index contributed by atoms with van der Waals surface area (Å²) < 4.78 is 15.9. The quantitative estimate of drug-likeness (QED) is 0.353. The molecule has 30 heavy (non-hydrogen) atoms. The Labute approximate surface area is 182 Å². The maximum Gasteiger partial charge on any atom is 0.261 e. The third kappa shape index (κ3) is 7.03. The molecule has 1 aromatic rings. The van der Waals surface area contributed by atoms with Gasteiger partial charge in [0.2, 0.25) is 0 Å². The number of ether oxygens (including phenoxy) is 3. The van der Waals surface area contributed by atoms with E-state index in [0.29, 0.717) is 23.6 Å². The van der Waals surface area contributed by atoms with E-state index in [2.05, 4.69) is 21.5 Å². The SMILES string of the molecule is COc1cc(OC)cc(C(=O)N[C@@H](C(=O)NNC(=S)NC[C@H]2CCCO2)C(C)C)c1. The lowest BCUT2D eigenvalue weighted by Gasteiger charge is -2.23. The van der Waals surface area contributed by atoms with Gasteiger partial charge in [0.25, 0.3) is 11.8 Å². The van der Waals surface area contributed by atoms with Crippen LogP contribution in [-0.2, 0) is 9.53 Å². The first-order valence-electron chi connectivity index (χ1n) is 9.83. The van der Waals surface area contributed by atoms with E-state index in [9.17, 15) is 9.59 Å². The van der Waals surface area contributed by atoms with Gasteiger partial charge in [-0.3, -0.25) is 20.4 Å². The first kappa shape index (κ1) is 23.7. The molecule has 0 saturated carbocycles. The molecule has 1 saturated heterocycles. The second-order valence-electron chi connectivity index (χ2n) is 7.26. The summed E-state index contributed by atoms with van der Waals surface area (Å²) in [4.78, 5) is 25.3. The lowest BCUT2D eigenvalue weighted by atomic mass is 10.0. The highest BCUT2D eigenvalue weighted by atomic mass is 32.1. The number of hydrazine groups is 1. The first-order valence-corrected chi connectivity index (χ1v) is 10.2. The average molecular weight is 439 g/mol. The van der Waals surface area contributed by atoms with E-state index in [1.165, 1.54) is 14.2 Å². The molecule has 0 unspecified atom stereocenters. The molecule has 0 aromatic heterocycles. The van der Waals surface area contributed by atoms with Gasteiger partial charge in [0.05, 0.1) is 20.3 Å². The van der Waals surface area contributed by atoms with Crippen molar-refractivity contribution in [3.63, 3.8) is 0 Å². The summed E-state index contributed by atoms with van der Waals surface area (Å²) in [5.41, 5.74) is 5.53. The Balaban J connectivity index is 1.91. The maximum atomic E-state index is 12.7. The second-order valence-corrected chi connectivity index (χ2v) is 7.66. The molecule has 0 bridgehead atoms. The van der Waals surface area contributed by atoms with E-state index in [1.54, 1.807) is 18.2 Å². The molecule has 0 spiro atoms. The van der Waals surface area contributed by atoms with Crippen LogP contribution in [0.25, 0.3) is 0 Å². The Morgan fingerprint density at radius 2 is 1.83 bits per heavy atom. The molecule has 2 atom stereocenters. The minimum absolute atomic E-state index is 0.128. The fraction of sp³-hybridized carbons (Fsp3) is 0.550. The number of rotatable bonds is 8. The molecule has 0 radical (unpaired) electrons. The smallest absolute Gasteiger partial charge is 0.261 e. The minimum atomic E-state index is -0.775. The van der Waals surface area contributed by atoms with E-state index in [-0.39, 0.29) is 17.1 Å². The third-order valence-corrected chi connectivity index (χ3v) is 4.91. The summed E-state index contributed by atoms with van der Waals surface area (Å²) in [5.74, 6) is -0.0185. The van der Waals surface area contributed by atoms with Crippen LogP contribution >= 0.6 is 12.2 Å². The molecule has 2 amide bonds. The van der Waals surface area contributed by atoms with Crippen molar-refractivity contribution in [1.82, 2.24) is 21.5 Å². The monoisotopic (exact) mass is 438 g/mol. The van der Waals surface area contributed by atoms with Crippen LogP contribution in [0.5, 0.6) is 11.5 Å². The average Bonchev–Trinajstić information content (AvgIpc) is 3.27. The van der Waals surface area contributed by atoms with Gasteiger partial charge in [0.15, 0.2) is 5.11 Å². The Hall–Kier alpha value is -2.59. The highest BCUT2D eigenvalue weighted by molar-refractivity contribution is 7.80.